The topological polar surface area (TPSA) is 29.3 Å². The number of benzene rings is 1. The first kappa shape index (κ1) is 17.4. The van der Waals surface area contributed by atoms with Crippen molar-refractivity contribution in [2.75, 3.05) is 19.0 Å². The van der Waals surface area contributed by atoms with Crippen LogP contribution >= 0.6 is 24.0 Å². The van der Waals surface area contributed by atoms with Gasteiger partial charge in [0.2, 0.25) is 0 Å². The van der Waals surface area contributed by atoms with Gasteiger partial charge >= 0.3 is 6.18 Å². The Morgan fingerprint density at radius 1 is 1.33 bits per heavy atom. The zero-order chi connectivity index (χ0) is 13.2. The van der Waals surface area contributed by atoms with Crippen molar-refractivity contribution < 1.29 is 13.2 Å². The van der Waals surface area contributed by atoms with E-state index in [2.05, 4.69) is 0 Å². The lowest BCUT2D eigenvalue weighted by atomic mass is 10.0. The molecule has 18 heavy (non-hydrogen) atoms. The molecule has 0 bridgehead atoms. The molecule has 1 rings (SSSR count). The Morgan fingerprint density at radius 2 is 1.89 bits per heavy atom. The summed E-state index contributed by atoms with van der Waals surface area (Å²) in [6.45, 7) is 0. The van der Waals surface area contributed by atoms with Crippen LogP contribution in [0, 0.1) is 0 Å². The first-order valence-corrected chi connectivity index (χ1v) is 5.37. The molecule has 1 aromatic rings. The van der Waals surface area contributed by atoms with Crippen LogP contribution in [0.2, 0.25) is 5.02 Å². The standard InChI is InChI=1S/C11H14ClF3N2.ClH/c1-17(2)7-3-4-8(9(12)5-7)10(16)6-11(13,14)15;/h3-5,10H,6,16H2,1-2H3;1H/t10-;/m0./s1. The van der Waals surface area contributed by atoms with Gasteiger partial charge in [-0.15, -0.1) is 12.4 Å². The van der Waals surface area contributed by atoms with Gasteiger partial charge in [-0.2, -0.15) is 13.2 Å². The molecule has 0 saturated heterocycles. The maximum atomic E-state index is 12.2. The molecule has 7 heteroatoms. The highest BCUT2D eigenvalue weighted by Crippen LogP contribution is 2.32. The molecule has 0 unspecified atom stereocenters. The smallest absolute Gasteiger partial charge is 0.378 e. The van der Waals surface area contributed by atoms with Crippen LogP contribution in [0.1, 0.15) is 18.0 Å². The molecule has 1 aromatic carbocycles. The van der Waals surface area contributed by atoms with E-state index in [0.29, 0.717) is 5.56 Å². The summed E-state index contributed by atoms with van der Waals surface area (Å²) >= 11 is 5.92. The van der Waals surface area contributed by atoms with E-state index in [9.17, 15) is 13.2 Å². The highest BCUT2D eigenvalue weighted by Gasteiger charge is 2.31. The molecule has 2 nitrogen and oxygen atoms in total. The van der Waals surface area contributed by atoms with Crippen molar-refractivity contribution in [3.8, 4) is 0 Å². The highest BCUT2D eigenvalue weighted by molar-refractivity contribution is 6.31. The van der Waals surface area contributed by atoms with E-state index < -0.39 is 18.6 Å². The molecule has 0 heterocycles. The Bertz CT molecular complexity index is 394. The molecule has 0 radical (unpaired) electrons. The highest BCUT2D eigenvalue weighted by atomic mass is 35.5. The lowest BCUT2D eigenvalue weighted by Gasteiger charge is -2.18. The SMILES string of the molecule is CN(C)c1ccc([C@@H](N)CC(F)(F)F)c(Cl)c1.Cl. The summed E-state index contributed by atoms with van der Waals surface area (Å²) in [6, 6.07) is 3.71. The molecule has 0 saturated carbocycles. The summed E-state index contributed by atoms with van der Waals surface area (Å²) in [7, 11) is 3.64. The number of anilines is 1. The van der Waals surface area contributed by atoms with Crippen molar-refractivity contribution in [2.24, 2.45) is 5.73 Å². The van der Waals surface area contributed by atoms with Gasteiger partial charge in [-0.3, -0.25) is 0 Å². The van der Waals surface area contributed by atoms with E-state index in [4.69, 9.17) is 17.3 Å². The van der Waals surface area contributed by atoms with Crippen LogP contribution < -0.4 is 10.6 Å². The Balaban J connectivity index is 0.00000289. The third-order valence-corrected chi connectivity index (χ3v) is 2.68. The number of halogens is 5. The van der Waals surface area contributed by atoms with Crippen molar-refractivity contribution in [1.29, 1.82) is 0 Å². The van der Waals surface area contributed by atoms with Crippen LogP contribution in [-0.4, -0.2) is 20.3 Å². The molecule has 0 fully saturated rings. The third kappa shape index (κ3) is 4.92. The average Bonchev–Trinajstić information content (AvgIpc) is 2.14. The second-order valence-electron chi connectivity index (χ2n) is 4.03. The van der Waals surface area contributed by atoms with E-state index >= 15 is 0 Å². The Hall–Kier alpha value is -0.650. The van der Waals surface area contributed by atoms with E-state index in [0.717, 1.165) is 5.69 Å². The molecule has 0 aliphatic rings. The van der Waals surface area contributed by atoms with Gasteiger partial charge in [0.05, 0.1) is 6.42 Å². The molecule has 1 atom stereocenters. The molecule has 0 aliphatic heterocycles. The van der Waals surface area contributed by atoms with Gasteiger partial charge < -0.3 is 10.6 Å². The van der Waals surface area contributed by atoms with Crippen molar-refractivity contribution in [2.45, 2.75) is 18.6 Å². The van der Waals surface area contributed by atoms with Gasteiger partial charge in [0, 0.05) is 30.8 Å². The molecular weight excluding hydrogens is 288 g/mol. The van der Waals surface area contributed by atoms with Crippen LogP contribution in [0.15, 0.2) is 18.2 Å². The number of nitrogens with two attached hydrogens (primary N) is 1. The minimum Gasteiger partial charge on any atom is -0.378 e. The zero-order valence-corrected chi connectivity index (χ0v) is 11.5. The lowest BCUT2D eigenvalue weighted by molar-refractivity contribution is -0.138. The summed E-state index contributed by atoms with van der Waals surface area (Å²) in [5, 5.41) is 0.257. The van der Waals surface area contributed by atoms with Crippen LogP contribution in [0.25, 0.3) is 0 Å². The first-order valence-electron chi connectivity index (χ1n) is 5.00. The van der Waals surface area contributed by atoms with Crippen LogP contribution in [-0.2, 0) is 0 Å². The Kier molecular flexibility index (Phi) is 6.26. The van der Waals surface area contributed by atoms with E-state index in [1.165, 1.54) is 6.07 Å². The molecule has 0 aromatic heterocycles. The molecular formula is C11H15Cl2F3N2. The number of alkyl halides is 3. The fourth-order valence-electron chi connectivity index (χ4n) is 1.45. The number of hydrogen-bond donors (Lipinski definition) is 1. The third-order valence-electron chi connectivity index (χ3n) is 2.35. The predicted octanol–water partition coefficient (Wildman–Crippen LogP) is 3.78. The number of nitrogens with zero attached hydrogens (tertiary/aromatic N) is 1. The Labute approximate surface area is 115 Å². The molecule has 0 amide bonds. The van der Waals surface area contributed by atoms with Crippen LogP contribution in [0.4, 0.5) is 18.9 Å². The van der Waals surface area contributed by atoms with Crippen molar-refractivity contribution in [3.05, 3.63) is 28.8 Å². The summed E-state index contributed by atoms with van der Waals surface area (Å²) in [4.78, 5) is 1.81. The fraction of sp³-hybridized carbons (Fsp3) is 0.455. The van der Waals surface area contributed by atoms with Crippen molar-refractivity contribution in [1.82, 2.24) is 0 Å². The van der Waals surface area contributed by atoms with Gasteiger partial charge in [0.1, 0.15) is 0 Å². The first-order chi connectivity index (χ1) is 7.70. The van der Waals surface area contributed by atoms with Crippen LogP contribution in [0.3, 0.4) is 0 Å². The second-order valence-corrected chi connectivity index (χ2v) is 4.43. The van der Waals surface area contributed by atoms with Gasteiger partial charge in [0.25, 0.3) is 0 Å². The summed E-state index contributed by atoms with van der Waals surface area (Å²) < 4.78 is 36.6. The molecule has 2 N–H and O–H groups in total. The van der Waals surface area contributed by atoms with Gasteiger partial charge in [-0.05, 0) is 17.7 Å². The quantitative estimate of drug-likeness (QED) is 0.920. The normalized spacial score (nSPS) is 12.8. The lowest BCUT2D eigenvalue weighted by Crippen LogP contribution is -2.20. The van der Waals surface area contributed by atoms with Crippen molar-refractivity contribution in [3.63, 3.8) is 0 Å². The number of hydrogen-bond acceptors (Lipinski definition) is 2. The van der Waals surface area contributed by atoms with Crippen molar-refractivity contribution >= 4 is 29.7 Å². The monoisotopic (exact) mass is 302 g/mol. The maximum Gasteiger partial charge on any atom is 0.390 e. The summed E-state index contributed by atoms with van der Waals surface area (Å²) in [5.41, 5.74) is 6.62. The largest absolute Gasteiger partial charge is 0.390 e. The molecule has 0 spiro atoms. The minimum atomic E-state index is -4.29. The fourth-order valence-corrected chi connectivity index (χ4v) is 1.77. The van der Waals surface area contributed by atoms with E-state index in [1.807, 2.05) is 19.0 Å². The average molecular weight is 303 g/mol. The van der Waals surface area contributed by atoms with E-state index in [1.54, 1.807) is 12.1 Å². The Morgan fingerprint density at radius 3 is 2.28 bits per heavy atom. The minimum absolute atomic E-state index is 0. The second kappa shape index (κ2) is 6.50. The molecule has 104 valence electrons. The maximum absolute atomic E-state index is 12.2. The molecule has 0 aliphatic carbocycles. The number of rotatable bonds is 3. The van der Waals surface area contributed by atoms with Gasteiger partial charge in [0.15, 0.2) is 0 Å². The van der Waals surface area contributed by atoms with Gasteiger partial charge in [-0.25, -0.2) is 0 Å². The van der Waals surface area contributed by atoms with E-state index in [-0.39, 0.29) is 17.4 Å². The summed E-state index contributed by atoms with van der Waals surface area (Å²) in [5.74, 6) is 0. The zero-order valence-electron chi connectivity index (χ0n) is 9.96. The van der Waals surface area contributed by atoms with Crippen LogP contribution in [0.5, 0.6) is 0 Å². The van der Waals surface area contributed by atoms with Gasteiger partial charge in [-0.1, -0.05) is 17.7 Å². The summed E-state index contributed by atoms with van der Waals surface area (Å²) in [6.07, 6.45) is -5.36. The predicted molar refractivity (Wildman–Crippen MR) is 70.6 cm³/mol.